The fourth-order valence-corrected chi connectivity index (χ4v) is 8.90. The van der Waals surface area contributed by atoms with Crippen LogP contribution in [0.2, 0.25) is 0 Å². The molecule has 0 spiro atoms. The predicted molar refractivity (Wildman–Crippen MR) is 212 cm³/mol. The molecule has 0 aliphatic heterocycles. The molecule has 0 fully saturated rings. The summed E-state index contributed by atoms with van der Waals surface area (Å²) in [6.45, 7) is 5.84. The van der Waals surface area contributed by atoms with Gasteiger partial charge < -0.3 is 30.1 Å². The van der Waals surface area contributed by atoms with Gasteiger partial charge in [0.1, 0.15) is 5.00 Å². The maximum absolute atomic E-state index is 13.9. The highest BCUT2D eigenvalue weighted by molar-refractivity contribution is 7.52. The summed E-state index contributed by atoms with van der Waals surface area (Å²) in [6.07, 6.45) is 5.31. The predicted octanol–water partition coefficient (Wildman–Crippen LogP) is 8.35. The average molecular weight is 774 g/mol. The Bertz CT molecular complexity index is 2010. The quantitative estimate of drug-likeness (QED) is 0.0779. The van der Waals surface area contributed by atoms with Gasteiger partial charge in [-0.15, -0.1) is 11.3 Å². The number of aryl methyl sites for hydroxylation is 3. The van der Waals surface area contributed by atoms with Gasteiger partial charge in [0.2, 0.25) is 5.91 Å². The molecule has 3 aromatic carbocycles. The summed E-state index contributed by atoms with van der Waals surface area (Å²) in [5.41, 5.74) is 5.63. The van der Waals surface area contributed by atoms with Crippen molar-refractivity contribution in [1.29, 1.82) is 0 Å². The van der Waals surface area contributed by atoms with Gasteiger partial charge in [-0.25, -0.2) is 4.79 Å². The maximum Gasteiger partial charge on any atom is 0.335 e. The number of carboxylic acids is 1. The number of carboxylic acid groups (broad SMARTS) is 1. The molecule has 0 saturated carbocycles. The molecule has 1 unspecified atom stereocenters. The van der Waals surface area contributed by atoms with Crippen LogP contribution in [0.4, 0.5) is 10.7 Å². The third-order valence-corrected chi connectivity index (χ3v) is 12.1. The van der Waals surface area contributed by atoms with Gasteiger partial charge in [-0.3, -0.25) is 18.9 Å². The van der Waals surface area contributed by atoms with E-state index in [1.165, 1.54) is 11.3 Å². The van der Waals surface area contributed by atoms with Crippen molar-refractivity contribution >= 4 is 53.3 Å². The molecule has 286 valence electrons. The monoisotopic (exact) mass is 773 g/mol. The van der Waals surface area contributed by atoms with E-state index in [0.717, 1.165) is 65.7 Å². The molecule has 1 aliphatic rings. The summed E-state index contributed by atoms with van der Waals surface area (Å²) in [5.74, 6) is -1.75. The van der Waals surface area contributed by atoms with Crippen LogP contribution in [0.5, 0.6) is 0 Å². The highest BCUT2D eigenvalue weighted by atomic mass is 32.1. The van der Waals surface area contributed by atoms with Gasteiger partial charge in [0.05, 0.1) is 23.9 Å². The van der Waals surface area contributed by atoms with E-state index in [1.54, 1.807) is 42.2 Å². The number of thiophene rings is 1. The summed E-state index contributed by atoms with van der Waals surface area (Å²) in [5, 5.41) is 15.7. The molecule has 5 rings (SSSR count). The van der Waals surface area contributed by atoms with E-state index in [2.05, 4.69) is 10.6 Å². The van der Waals surface area contributed by atoms with Crippen LogP contribution in [0.3, 0.4) is 0 Å². The number of benzene rings is 3. The van der Waals surface area contributed by atoms with Gasteiger partial charge >= 0.3 is 13.6 Å². The molecule has 0 radical (unpaired) electrons. The molecule has 1 aromatic heterocycles. The maximum atomic E-state index is 13.9. The topological polar surface area (TPSA) is 162 Å². The number of amides is 3. The summed E-state index contributed by atoms with van der Waals surface area (Å²) < 4.78 is 17.0. The molecule has 54 heavy (non-hydrogen) atoms. The van der Waals surface area contributed by atoms with Crippen LogP contribution < -0.4 is 10.6 Å². The van der Waals surface area contributed by atoms with E-state index in [0.29, 0.717) is 21.8 Å². The molecular formula is C41H48N3O8PS. The minimum Gasteiger partial charge on any atom is -0.478 e. The van der Waals surface area contributed by atoms with Crippen LogP contribution >= 0.6 is 18.9 Å². The minimum atomic E-state index is -3.71. The Hall–Kier alpha value is -4.61. The van der Waals surface area contributed by atoms with Crippen LogP contribution in [-0.4, -0.2) is 57.4 Å². The van der Waals surface area contributed by atoms with Crippen LogP contribution in [0.15, 0.2) is 72.8 Å². The zero-order chi connectivity index (χ0) is 38.8. The Kier molecular flexibility index (Phi) is 14.0. The molecular weight excluding hydrogens is 726 g/mol. The summed E-state index contributed by atoms with van der Waals surface area (Å²) >= 11 is 1.44. The van der Waals surface area contributed by atoms with Gasteiger partial charge in [-0.05, 0) is 124 Å². The Morgan fingerprint density at radius 3 is 2.19 bits per heavy atom. The SMILES string of the molecule is CCOP(=O)(O)CCCC(=O)N(Cc1cccc(C(=O)Nc2sc3c(c2C(=O)Nc2ccc(CCc4ccc(C(=O)O)cc4)cc2)CCCC3)c1)C(C)C. The van der Waals surface area contributed by atoms with Crippen molar-refractivity contribution in [3.63, 3.8) is 0 Å². The van der Waals surface area contributed by atoms with Crippen molar-refractivity contribution in [2.24, 2.45) is 0 Å². The van der Waals surface area contributed by atoms with E-state index in [9.17, 15) is 28.6 Å². The lowest BCUT2D eigenvalue weighted by atomic mass is 9.95. The molecule has 1 aliphatic carbocycles. The smallest absolute Gasteiger partial charge is 0.335 e. The molecule has 0 bridgehead atoms. The number of hydrogen-bond donors (Lipinski definition) is 4. The normalized spacial score (nSPS) is 13.5. The molecule has 3 amide bonds. The number of anilines is 2. The van der Waals surface area contributed by atoms with E-state index in [-0.39, 0.29) is 61.5 Å². The van der Waals surface area contributed by atoms with E-state index >= 15 is 0 Å². The fraction of sp³-hybridized carbons (Fsp3) is 0.366. The molecule has 13 heteroatoms. The largest absolute Gasteiger partial charge is 0.478 e. The van der Waals surface area contributed by atoms with Gasteiger partial charge in [0, 0.05) is 35.1 Å². The lowest BCUT2D eigenvalue weighted by molar-refractivity contribution is -0.133. The minimum absolute atomic E-state index is 0.0950. The number of aromatic carboxylic acids is 1. The second-order valence-corrected chi connectivity index (χ2v) is 16.8. The lowest BCUT2D eigenvalue weighted by Crippen LogP contribution is -2.36. The molecule has 4 aromatic rings. The number of nitrogens with zero attached hydrogens (tertiary/aromatic N) is 1. The second-order valence-electron chi connectivity index (χ2n) is 13.7. The first kappa shape index (κ1) is 40.6. The summed E-state index contributed by atoms with van der Waals surface area (Å²) in [7, 11) is -3.71. The Labute approximate surface area is 320 Å². The third kappa shape index (κ3) is 11.0. The van der Waals surface area contributed by atoms with Gasteiger partial charge in [0.15, 0.2) is 0 Å². The van der Waals surface area contributed by atoms with Crippen molar-refractivity contribution in [2.45, 2.75) is 84.7 Å². The van der Waals surface area contributed by atoms with Crippen LogP contribution in [0.25, 0.3) is 0 Å². The van der Waals surface area contributed by atoms with E-state index in [4.69, 9.17) is 9.63 Å². The summed E-state index contributed by atoms with van der Waals surface area (Å²) in [6, 6.07) is 21.4. The molecule has 1 heterocycles. The average Bonchev–Trinajstić information content (AvgIpc) is 3.51. The van der Waals surface area contributed by atoms with Gasteiger partial charge in [0.25, 0.3) is 11.8 Å². The zero-order valence-corrected chi connectivity index (χ0v) is 32.6. The van der Waals surface area contributed by atoms with Crippen molar-refractivity contribution < 1.29 is 38.3 Å². The Morgan fingerprint density at radius 2 is 1.54 bits per heavy atom. The Balaban J connectivity index is 1.24. The van der Waals surface area contributed by atoms with Crippen molar-refractivity contribution in [2.75, 3.05) is 23.4 Å². The van der Waals surface area contributed by atoms with E-state index < -0.39 is 13.6 Å². The summed E-state index contributed by atoms with van der Waals surface area (Å²) in [4.78, 5) is 64.5. The first-order valence-electron chi connectivity index (χ1n) is 18.4. The van der Waals surface area contributed by atoms with Crippen molar-refractivity contribution in [3.05, 3.63) is 117 Å². The zero-order valence-electron chi connectivity index (χ0n) is 30.9. The number of carbonyl (C=O) groups is 4. The molecule has 1 atom stereocenters. The number of nitrogens with one attached hydrogen (secondary N) is 2. The number of hydrogen-bond acceptors (Lipinski definition) is 7. The standard InChI is InChI=1S/C41H48N3O8PS/c1-4-52-53(50,51)24-8-13-36(45)44(27(2)3)26-30-9-7-10-32(25-30)38(46)43-40-37(34-11-5-6-12-35(34)54-40)39(47)42-33-22-18-29(19-23-33)15-14-28-16-20-31(21-17-28)41(48)49/h7,9-10,16-23,25,27H,4-6,8,11-15,24,26H2,1-3H3,(H,42,47)(H,43,46)(H,48,49)(H,50,51). The van der Waals surface area contributed by atoms with Crippen LogP contribution in [-0.2, 0) is 46.1 Å². The highest BCUT2D eigenvalue weighted by Crippen LogP contribution is 2.42. The number of rotatable bonds is 17. The van der Waals surface area contributed by atoms with Crippen LogP contribution in [0, 0.1) is 0 Å². The first-order chi connectivity index (χ1) is 25.8. The fourth-order valence-electron chi connectivity index (χ4n) is 6.53. The molecule has 11 nitrogen and oxygen atoms in total. The first-order valence-corrected chi connectivity index (χ1v) is 20.9. The van der Waals surface area contributed by atoms with E-state index in [1.807, 2.05) is 56.3 Å². The van der Waals surface area contributed by atoms with Gasteiger partial charge in [-0.1, -0.05) is 36.4 Å². The van der Waals surface area contributed by atoms with Crippen LogP contribution in [0.1, 0.15) is 105 Å². The lowest BCUT2D eigenvalue weighted by Gasteiger charge is -2.27. The molecule has 0 saturated heterocycles. The van der Waals surface area contributed by atoms with Crippen molar-refractivity contribution in [3.8, 4) is 0 Å². The van der Waals surface area contributed by atoms with Crippen molar-refractivity contribution in [1.82, 2.24) is 4.90 Å². The molecule has 4 N–H and O–H groups in total. The third-order valence-electron chi connectivity index (χ3n) is 9.39. The van der Waals surface area contributed by atoms with Gasteiger partial charge in [-0.2, -0.15) is 0 Å². The Morgan fingerprint density at radius 1 is 0.870 bits per heavy atom. The number of carbonyl (C=O) groups excluding carboxylic acids is 3. The highest BCUT2D eigenvalue weighted by Gasteiger charge is 2.27. The second kappa shape index (κ2) is 18.6. The number of fused-ring (bicyclic) bond motifs is 1.